The molecule has 0 heterocycles. The number of carboxylic acid groups (broad SMARTS) is 1. The van der Waals surface area contributed by atoms with E-state index >= 15 is 0 Å². The van der Waals surface area contributed by atoms with Crippen molar-refractivity contribution in [2.24, 2.45) is 0 Å². The van der Waals surface area contributed by atoms with Crippen LogP contribution in [-0.2, 0) is 6.54 Å². The summed E-state index contributed by atoms with van der Waals surface area (Å²) in [5.74, 6) is 0. The van der Waals surface area contributed by atoms with Crippen LogP contribution in [0.15, 0.2) is 30.3 Å². The Morgan fingerprint density at radius 1 is 1.25 bits per heavy atom. The van der Waals surface area contributed by atoms with Crippen LogP contribution < -0.4 is 0 Å². The number of hydrogen-bond acceptors (Lipinski definition) is 3. The summed E-state index contributed by atoms with van der Waals surface area (Å²) in [6.45, 7) is 0.0527. The predicted octanol–water partition coefficient (Wildman–Crippen LogP) is 3.10. The lowest BCUT2D eigenvalue weighted by atomic mass is 9.88. The van der Waals surface area contributed by atoms with Crippen molar-refractivity contribution < 1.29 is 14.8 Å². The average molecular weight is 278 g/mol. The minimum atomic E-state index is -1.47. The third kappa shape index (κ3) is 2.74. The molecule has 1 amide bonds. The van der Waals surface area contributed by atoms with E-state index < -0.39 is 16.7 Å². The van der Waals surface area contributed by atoms with Gasteiger partial charge in [-0.25, -0.2) is 9.69 Å². The molecule has 0 aromatic heterocycles. The Bertz CT molecular complexity index is 483. The molecular formula is C14H18N2O4. The van der Waals surface area contributed by atoms with Gasteiger partial charge < -0.3 is 5.11 Å². The van der Waals surface area contributed by atoms with Gasteiger partial charge in [0.05, 0.1) is 6.54 Å². The maximum absolute atomic E-state index is 11.5. The molecule has 0 unspecified atom stereocenters. The van der Waals surface area contributed by atoms with Crippen LogP contribution in [0.25, 0.3) is 0 Å². The molecule has 0 aliphatic heterocycles. The summed E-state index contributed by atoms with van der Waals surface area (Å²) >= 11 is 0. The van der Waals surface area contributed by atoms with Crippen molar-refractivity contribution >= 4 is 6.09 Å². The SMILES string of the molecule is O=C(O)N(Cc1ccccc1)C1([N+](=O)[O-])CCCCC1. The van der Waals surface area contributed by atoms with Crippen LogP contribution >= 0.6 is 0 Å². The van der Waals surface area contributed by atoms with Gasteiger partial charge in [0.15, 0.2) is 0 Å². The Kier molecular flexibility index (Phi) is 4.22. The van der Waals surface area contributed by atoms with Gasteiger partial charge in [0.25, 0.3) is 0 Å². The monoisotopic (exact) mass is 278 g/mol. The number of benzene rings is 1. The summed E-state index contributed by atoms with van der Waals surface area (Å²) in [6, 6.07) is 9.00. The van der Waals surface area contributed by atoms with Gasteiger partial charge in [-0.1, -0.05) is 36.8 Å². The molecule has 1 aromatic rings. The van der Waals surface area contributed by atoms with Crippen molar-refractivity contribution in [3.8, 4) is 0 Å². The van der Waals surface area contributed by atoms with Gasteiger partial charge in [0, 0.05) is 17.8 Å². The standard InChI is InChI=1S/C14H18N2O4/c17-13(18)15(11-12-7-3-1-4-8-12)14(16(19)20)9-5-2-6-10-14/h1,3-4,7-8H,2,5-6,9-11H2,(H,17,18). The molecule has 0 saturated heterocycles. The first-order valence-corrected chi connectivity index (χ1v) is 6.75. The number of nitrogens with zero attached hydrogens (tertiary/aromatic N) is 2. The van der Waals surface area contributed by atoms with Crippen molar-refractivity contribution in [3.63, 3.8) is 0 Å². The fourth-order valence-corrected chi connectivity index (χ4v) is 2.83. The van der Waals surface area contributed by atoms with Crippen LogP contribution in [0.4, 0.5) is 4.79 Å². The molecule has 1 aliphatic rings. The lowest BCUT2D eigenvalue weighted by molar-refractivity contribution is -0.603. The van der Waals surface area contributed by atoms with E-state index in [4.69, 9.17) is 0 Å². The normalized spacial score (nSPS) is 17.4. The Balaban J connectivity index is 2.30. The number of carbonyl (C=O) groups is 1. The molecule has 1 N–H and O–H groups in total. The Morgan fingerprint density at radius 3 is 2.35 bits per heavy atom. The first-order valence-electron chi connectivity index (χ1n) is 6.75. The molecule has 6 heteroatoms. The summed E-state index contributed by atoms with van der Waals surface area (Å²) in [6.07, 6.45) is 1.67. The zero-order chi connectivity index (χ0) is 14.6. The van der Waals surface area contributed by atoms with E-state index in [0.29, 0.717) is 25.7 Å². The highest BCUT2D eigenvalue weighted by Crippen LogP contribution is 2.35. The number of hydrogen-bond donors (Lipinski definition) is 1. The van der Waals surface area contributed by atoms with Crippen molar-refractivity contribution in [1.29, 1.82) is 0 Å². The first kappa shape index (κ1) is 14.3. The Labute approximate surface area is 117 Å². The van der Waals surface area contributed by atoms with Gasteiger partial charge >= 0.3 is 11.8 Å². The van der Waals surface area contributed by atoms with Crippen LogP contribution in [0.5, 0.6) is 0 Å². The number of rotatable bonds is 4. The van der Waals surface area contributed by atoms with Gasteiger partial charge in [-0.05, 0) is 18.4 Å². The van der Waals surface area contributed by atoms with E-state index in [2.05, 4.69) is 0 Å². The highest BCUT2D eigenvalue weighted by atomic mass is 16.6. The molecule has 2 rings (SSSR count). The minimum absolute atomic E-state index is 0.0527. The average Bonchev–Trinajstić information content (AvgIpc) is 2.46. The molecule has 20 heavy (non-hydrogen) atoms. The van der Waals surface area contributed by atoms with E-state index in [9.17, 15) is 20.0 Å². The smallest absolute Gasteiger partial charge is 0.413 e. The Hall–Kier alpha value is -2.11. The van der Waals surface area contributed by atoms with E-state index in [0.717, 1.165) is 16.9 Å². The van der Waals surface area contributed by atoms with Gasteiger partial charge in [-0.3, -0.25) is 10.1 Å². The van der Waals surface area contributed by atoms with Crippen molar-refractivity contribution in [1.82, 2.24) is 4.90 Å². The van der Waals surface area contributed by atoms with Crippen molar-refractivity contribution in [2.75, 3.05) is 0 Å². The van der Waals surface area contributed by atoms with Gasteiger partial charge in [-0.15, -0.1) is 0 Å². The molecule has 6 nitrogen and oxygen atoms in total. The molecule has 0 spiro atoms. The van der Waals surface area contributed by atoms with E-state index in [1.165, 1.54) is 0 Å². The zero-order valence-electron chi connectivity index (χ0n) is 11.2. The number of amides is 1. The summed E-state index contributed by atoms with van der Waals surface area (Å²) in [7, 11) is 0. The summed E-state index contributed by atoms with van der Waals surface area (Å²) in [5.41, 5.74) is -0.707. The van der Waals surface area contributed by atoms with Crippen molar-refractivity contribution in [2.45, 2.75) is 44.3 Å². The lowest BCUT2D eigenvalue weighted by Crippen LogP contribution is -2.57. The van der Waals surface area contributed by atoms with Crippen molar-refractivity contribution in [3.05, 3.63) is 46.0 Å². The highest BCUT2D eigenvalue weighted by Gasteiger charge is 2.51. The quantitative estimate of drug-likeness (QED) is 0.521. The predicted molar refractivity (Wildman–Crippen MR) is 72.8 cm³/mol. The maximum Gasteiger partial charge on any atom is 0.413 e. The molecule has 0 atom stereocenters. The second kappa shape index (κ2) is 5.90. The number of nitro groups is 1. The zero-order valence-corrected chi connectivity index (χ0v) is 11.2. The third-order valence-corrected chi connectivity index (χ3v) is 3.91. The van der Waals surface area contributed by atoms with Gasteiger partial charge in [0.1, 0.15) is 0 Å². The molecule has 0 bridgehead atoms. The van der Waals surface area contributed by atoms with Gasteiger partial charge in [-0.2, -0.15) is 0 Å². The second-order valence-corrected chi connectivity index (χ2v) is 5.15. The molecular weight excluding hydrogens is 260 g/mol. The molecule has 0 radical (unpaired) electrons. The fraction of sp³-hybridized carbons (Fsp3) is 0.500. The molecule has 108 valence electrons. The van der Waals surface area contributed by atoms with Crippen LogP contribution in [0.2, 0.25) is 0 Å². The topological polar surface area (TPSA) is 83.7 Å². The Morgan fingerprint density at radius 2 is 1.85 bits per heavy atom. The second-order valence-electron chi connectivity index (χ2n) is 5.15. The summed E-state index contributed by atoms with van der Waals surface area (Å²) in [4.78, 5) is 23.6. The third-order valence-electron chi connectivity index (χ3n) is 3.91. The maximum atomic E-state index is 11.5. The lowest BCUT2D eigenvalue weighted by Gasteiger charge is -2.37. The molecule has 1 fully saturated rings. The molecule has 1 saturated carbocycles. The van der Waals surface area contributed by atoms with E-state index in [1.54, 1.807) is 24.3 Å². The fourth-order valence-electron chi connectivity index (χ4n) is 2.83. The summed E-state index contributed by atoms with van der Waals surface area (Å²) < 4.78 is 0. The molecule has 1 aromatic carbocycles. The van der Waals surface area contributed by atoms with Crippen LogP contribution in [0.1, 0.15) is 37.7 Å². The molecule has 1 aliphatic carbocycles. The van der Waals surface area contributed by atoms with Crippen LogP contribution in [0, 0.1) is 10.1 Å². The highest BCUT2D eigenvalue weighted by molar-refractivity contribution is 5.66. The van der Waals surface area contributed by atoms with Gasteiger partial charge in [0.2, 0.25) is 0 Å². The van der Waals surface area contributed by atoms with Crippen LogP contribution in [0.3, 0.4) is 0 Å². The first-order chi connectivity index (χ1) is 9.56. The summed E-state index contributed by atoms with van der Waals surface area (Å²) in [5, 5.41) is 20.9. The largest absolute Gasteiger partial charge is 0.465 e. The van der Waals surface area contributed by atoms with E-state index in [-0.39, 0.29) is 6.54 Å². The van der Waals surface area contributed by atoms with E-state index in [1.807, 2.05) is 6.07 Å². The minimum Gasteiger partial charge on any atom is -0.465 e. The van der Waals surface area contributed by atoms with Crippen LogP contribution in [-0.4, -0.2) is 26.7 Å².